The number of carbonyl (C=O) groups excluding carboxylic acids is 1. The minimum atomic E-state index is -0.268. The van der Waals surface area contributed by atoms with Gasteiger partial charge in [0, 0.05) is 29.3 Å². The lowest BCUT2D eigenvalue weighted by molar-refractivity contribution is -0.137. The van der Waals surface area contributed by atoms with Crippen LogP contribution >= 0.6 is 0 Å². The van der Waals surface area contributed by atoms with Crippen LogP contribution in [-0.2, 0) is 4.79 Å². The molecular weight excluding hydrogens is 372 g/mol. The van der Waals surface area contributed by atoms with Crippen molar-refractivity contribution >= 4 is 11.7 Å². The SMILES string of the molecule is CC[C@H](c1cccc(N(C(C)C)C(C)C)c1)c1cc(C#N)ccc1OC(=O)C(C)C. The first kappa shape index (κ1) is 23.5. The van der Waals surface area contributed by atoms with Gasteiger partial charge < -0.3 is 9.64 Å². The van der Waals surface area contributed by atoms with Gasteiger partial charge in [0.2, 0.25) is 0 Å². The number of carbonyl (C=O) groups is 1. The Bertz CT molecular complexity index is 901. The Morgan fingerprint density at radius 2 is 1.70 bits per heavy atom. The summed E-state index contributed by atoms with van der Waals surface area (Å²) in [4.78, 5) is 14.7. The average Bonchev–Trinajstić information content (AvgIpc) is 2.69. The van der Waals surface area contributed by atoms with Crippen molar-refractivity contribution in [1.29, 1.82) is 5.26 Å². The molecule has 4 nitrogen and oxygen atoms in total. The third-order valence-electron chi connectivity index (χ3n) is 5.29. The van der Waals surface area contributed by atoms with Gasteiger partial charge in [-0.3, -0.25) is 4.79 Å². The van der Waals surface area contributed by atoms with E-state index in [0.29, 0.717) is 23.4 Å². The lowest BCUT2D eigenvalue weighted by atomic mass is 9.87. The Labute approximate surface area is 181 Å². The molecule has 30 heavy (non-hydrogen) atoms. The summed E-state index contributed by atoms with van der Waals surface area (Å²) >= 11 is 0. The zero-order valence-electron chi connectivity index (χ0n) is 19.3. The Balaban J connectivity index is 2.55. The zero-order valence-corrected chi connectivity index (χ0v) is 19.3. The fraction of sp³-hybridized carbons (Fsp3) is 0.462. The van der Waals surface area contributed by atoms with Crippen molar-refractivity contribution in [2.45, 2.75) is 72.9 Å². The fourth-order valence-electron chi connectivity index (χ4n) is 3.94. The molecule has 0 saturated heterocycles. The highest BCUT2D eigenvalue weighted by Gasteiger charge is 2.22. The van der Waals surface area contributed by atoms with E-state index in [2.05, 4.69) is 69.9 Å². The lowest BCUT2D eigenvalue weighted by Gasteiger charge is -2.34. The van der Waals surface area contributed by atoms with Crippen LogP contribution in [0.3, 0.4) is 0 Å². The van der Waals surface area contributed by atoms with E-state index >= 15 is 0 Å². The first-order chi connectivity index (χ1) is 14.2. The molecule has 2 aromatic rings. The molecule has 2 rings (SSSR count). The number of nitriles is 1. The van der Waals surface area contributed by atoms with E-state index in [4.69, 9.17) is 4.74 Å². The summed E-state index contributed by atoms with van der Waals surface area (Å²) in [6, 6.07) is 16.8. The van der Waals surface area contributed by atoms with Crippen LogP contribution in [0.1, 0.15) is 77.5 Å². The largest absolute Gasteiger partial charge is 0.426 e. The van der Waals surface area contributed by atoms with Crippen LogP contribution in [0, 0.1) is 17.2 Å². The molecule has 0 aliphatic rings. The normalized spacial score (nSPS) is 12.2. The number of anilines is 1. The highest BCUT2D eigenvalue weighted by atomic mass is 16.5. The third kappa shape index (κ3) is 5.42. The molecule has 0 aliphatic heterocycles. The van der Waals surface area contributed by atoms with Gasteiger partial charge in [-0.1, -0.05) is 32.9 Å². The average molecular weight is 407 g/mol. The topological polar surface area (TPSA) is 53.3 Å². The van der Waals surface area contributed by atoms with Crippen LogP contribution < -0.4 is 9.64 Å². The van der Waals surface area contributed by atoms with Crippen LogP contribution in [0.2, 0.25) is 0 Å². The van der Waals surface area contributed by atoms with Gasteiger partial charge in [-0.15, -0.1) is 0 Å². The Morgan fingerprint density at radius 1 is 1.03 bits per heavy atom. The van der Waals surface area contributed by atoms with Gasteiger partial charge in [0.25, 0.3) is 0 Å². The summed E-state index contributed by atoms with van der Waals surface area (Å²) in [5.41, 5.74) is 3.77. The monoisotopic (exact) mass is 406 g/mol. The lowest BCUT2D eigenvalue weighted by Crippen LogP contribution is -2.37. The van der Waals surface area contributed by atoms with E-state index < -0.39 is 0 Å². The van der Waals surface area contributed by atoms with Crippen molar-refractivity contribution in [3.8, 4) is 11.8 Å². The minimum Gasteiger partial charge on any atom is -0.426 e. The number of ether oxygens (including phenoxy) is 1. The van der Waals surface area contributed by atoms with Gasteiger partial charge >= 0.3 is 5.97 Å². The Morgan fingerprint density at radius 3 is 2.23 bits per heavy atom. The molecule has 0 aromatic heterocycles. The maximum absolute atomic E-state index is 12.3. The van der Waals surface area contributed by atoms with Crippen LogP contribution in [0.4, 0.5) is 5.69 Å². The second kappa shape index (κ2) is 10.3. The molecule has 4 heteroatoms. The summed E-state index contributed by atoms with van der Waals surface area (Å²) in [7, 11) is 0. The molecule has 1 atom stereocenters. The Hall–Kier alpha value is -2.80. The van der Waals surface area contributed by atoms with Gasteiger partial charge in [0.15, 0.2) is 0 Å². The number of benzene rings is 2. The van der Waals surface area contributed by atoms with Crippen molar-refractivity contribution in [3.63, 3.8) is 0 Å². The maximum Gasteiger partial charge on any atom is 0.313 e. The molecule has 0 N–H and O–H groups in total. The molecule has 0 amide bonds. The van der Waals surface area contributed by atoms with E-state index in [1.54, 1.807) is 12.1 Å². The van der Waals surface area contributed by atoms with Crippen LogP contribution in [0.15, 0.2) is 42.5 Å². The first-order valence-corrected chi connectivity index (χ1v) is 10.8. The maximum atomic E-state index is 12.3. The van der Waals surface area contributed by atoms with Crippen molar-refractivity contribution < 1.29 is 9.53 Å². The van der Waals surface area contributed by atoms with Gasteiger partial charge in [0.1, 0.15) is 5.75 Å². The smallest absolute Gasteiger partial charge is 0.313 e. The molecule has 0 unspecified atom stereocenters. The number of rotatable bonds is 8. The molecule has 0 saturated carbocycles. The summed E-state index contributed by atoms with van der Waals surface area (Å²) in [6.07, 6.45) is 0.827. The molecular formula is C26H34N2O2. The highest BCUT2D eigenvalue weighted by Crippen LogP contribution is 2.37. The quantitative estimate of drug-likeness (QED) is 0.382. The van der Waals surface area contributed by atoms with Crippen LogP contribution in [0.25, 0.3) is 0 Å². The van der Waals surface area contributed by atoms with Gasteiger partial charge in [0.05, 0.1) is 17.6 Å². The van der Waals surface area contributed by atoms with Crippen molar-refractivity contribution in [2.24, 2.45) is 5.92 Å². The number of hydrogen-bond donors (Lipinski definition) is 0. The molecule has 0 bridgehead atoms. The van der Waals surface area contributed by atoms with Gasteiger partial charge in [-0.05, 0) is 70.0 Å². The summed E-state index contributed by atoms with van der Waals surface area (Å²) in [5.74, 6) is 0.0711. The van der Waals surface area contributed by atoms with Gasteiger partial charge in [-0.25, -0.2) is 0 Å². The van der Waals surface area contributed by atoms with Gasteiger partial charge in [-0.2, -0.15) is 5.26 Å². The van der Waals surface area contributed by atoms with Crippen LogP contribution in [-0.4, -0.2) is 18.1 Å². The summed E-state index contributed by atoms with van der Waals surface area (Å²) in [6.45, 7) is 14.5. The van der Waals surface area contributed by atoms with E-state index in [0.717, 1.165) is 17.5 Å². The Kier molecular flexibility index (Phi) is 8.06. The standard InChI is InChI=1S/C26H34N2O2/c1-8-23(21-10-9-11-22(15-21)28(18(4)5)19(6)7)24-14-20(16-27)12-13-25(24)30-26(29)17(2)3/h9-15,17-19,23H,8H2,1-7H3/t23-/m1/s1. The molecule has 0 aliphatic carbocycles. The van der Waals surface area contributed by atoms with E-state index in [-0.39, 0.29) is 17.8 Å². The number of nitrogens with zero attached hydrogens (tertiary/aromatic N) is 2. The first-order valence-electron chi connectivity index (χ1n) is 10.8. The molecule has 160 valence electrons. The van der Waals surface area contributed by atoms with E-state index in [9.17, 15) is 10.1 Å². The minimum absolute atomic E-state index is 0.0226. The predicted octanol–water partition coefficient (Wildman–Crippen LogP) is 6.28. The van der Waals surface area contributed by atoms with E-state index in [1.807, 2.05) is 19.9 Å². The molecule has 0 fully saturated rings. The second-order valence-electron chi connectivity index (χ2n) is 8.59. The molecule has 0 spiro atoms. The van der Waals surface area contributed by atoms with E-state index in [1.165, 1.54) is 5.69 Å². The number of hydrogen-bond acceptors (Lipinski definition) is 4. The number of esters is 1. The van der Waals surface area contributed by atoms with Crippen molar-refractivity contribution in [1.82, 2.24) is 0 Å². The molecule has 0 radical (unpaired) electrons. The molecule has 0 heterocycles. The fourth-order valence-corrected chi connectivity index (χ4v) is 3.94. The molecule has 2 aromatic carbocycles. The zero-order chi connectivity index (χ0) is 22.4. The summed E-state index contributed by atoms with van der Waals surface area (Å²) < 4.78 is 5.71. The third-order valence-corrected chi connectivity index (χ3v) is 5.29. The van der Waals surface area contributed by atoms with Crippen molar-refractivity contribution in [2.75, 3.05) is 4.90 Å². The highest BCUT2D eigenvalue weighted by molar-refractivity contribution is 5.75. The second-order valence-corrected chi connectivity index (χ2v) is 8.59. The summed E-state index contributed by atoms with van der Waals surface area (Å²) in [5, 5.41) is 9.42. The van der Waals surface area contributed by atoms with Crippen molar-refractivity contribution in [3.05, 3.63) is 59.2 Å². The predicted molar refractivity (Wildman–Crippen MR) is 123 cm³/mol. The van der Waals surface area contributed by atoms with Crippen LogP contribution in [0.5, 0.6) is 5.75 Å².